The molecular weight excluding hydrogens is 226 g/mol. The Morgan fingerprint density at radius 1 is 1.44 bits per heavy atom. The van der Waals surface area contributed by atoms with Crippen LogP contribution in [-0.4, -0.2) is 16.0 Å². The van der Waals surface area contributed by atoms with Crippen LogP contribution in [0.4, 0.5) is 0 Å². The van der Waals surface area contributed by atoms with Gasteiger partial charge < -0.3 is 10.3 Å². The molecule has 4 nitrogen and oxygen atoms in total. The van der Waals surface area contributed by atoms with Crippen LogP contribution in [0.2, 0.25) is 0 Å². The number of hydrogen-bond donors (Lipinski definition) is 2. The SMILES string of the molecule is CC(C)(C)CCc1nc(CNC2CC2)cc(=O)[nH]1. The monoisotopic (exact) mass is 249 g/mol. The van der Waals surface area contributed by atoms with Crippen LogP contribution in [-0.2, 0) is 13.0 Å². The van der Waals surface area contributed by atoms with Crippen LogP contribution < -0.4 is 10.9 Å². The minimum Gasteiger partial charge on any atom is -0.311 e. The van der Waals surface area contributed by atoms with Crippen LogP contribution in [0, 0.1) is 5.41 Å². The van der Waals surface area contributed by atoms with Gasteiger partial charge >= 0.3 is 0 Å². The average molecular weight is 249 g/mol. The van der Waals surface area contributed by atoms with Gasteiger partial charge in [-0.2, -0.15) is 0 Å². The molecule has 1 aromatic rings. The fourth-order valence-corrected chi connectivity index (χ4v) is 1.80. The maximum absolute atomic E-state index is 11.6. The van der Waals surface area contributed by atoms with Crippen molar-refractivity contribution in [2.45, 2.75) is 59.0 Å². The summed E-state index contributed by atoms with van der Waals surface area (Å²) in [5.74, 6) is 0.810. The van der Waals surface area contributed by atoms with Crippen molar-refractivity contribution in [3.05, 3.63) is 27.9 Å². The summed E-state index contributed by atoms with van der Waals surface area (Å²) in [5, 5.41) is 3.38. The maximum Gasteiger partial charge on any atom is 0.251 e. The highest BCUT2D eigenvalue weighted by molar-refractivity contribution is 5.04. The zero-order valence-corrected chi connectivity index (χ0v) is 11.5. The number of hydrogen-bond acceptors (Lipinski definition) is 3. The molecule has 1 heterocycles. The van der Waals surface area contributed by atoms with Crippen molar-refractivity contribution in [1.29, 1.82) is 0 Å². The Bertz CT molecular complexity index is 455. The lowest BCUT2D eigenvalue weighted by atomic mass is 9.90. The van der Waals surface area contributed by atoms with Gasteiger partial charge in [-0.25, -0.2) is 4.98 Å². The molecule has 0 saturated heterocycles. The van der Waals surface area contributed by atoms with Gasteiger partial charge in [0.2, 0.25) is 0 Å². The topological polar surface area (TPSA) is 57.8 Å². The highest BCUT2D eigenvalue weighted by Crippen LogP contribution is 2.20. The van der Waals surface area contributed by atoms with Crippen molar-refractivity contribution in [3.63, 3.8) is 0 Å². The van der Waals surface area contributed by atoms with Gasteiger partial charge in [-0.1, -0.05) is 20.8 Å². The summed E-state index contributed by atoms with van der Waals surface area (Å²) >= 11 is 0. The minimum absolute atomic E-state index is 0.0403. The van der Waals surface area contributed by atoms with Crippen molar-refractivity contribution in [3.8, 4) is 0 Å². The lowest BCUT2D eigenvalue weighted by Gasteiger charge is -2.17. The van der Waals surface area contributed by atoms with Crippen LogP contribution in [0.5, 0.6) is 0 Å². The van der Waals surface area contributed by atoms with Crippen LogP contribution in [0.25, 0.3) is 0 Å². The van der Waals surface area contributed by atoms with E-state index in [0.29, 0.717) is 12.6 Å². The first-order chi connectivity index (χ1) is 8.42. The molecule has 1 saturated carbocycles. The maximum atomic E-state index is 11.6. The second-order valence-corrected chi connectivity index (χ2v) is 6.40. The van der Waals surface area contributed by atoms with E-state index in [4.69, 9.17) is 0 Å². The summed E-state index contributed by atoms with van der Waals surface area (Å²) < 4.78 is 0. The third-order valence-electron chi connectivity index (χ3n) is 3.10. The van der Waals surface area contributed by atoms with Gasteiger partial charge in [-0.15, -0.1) is 0 Å². The van der Waals surface area contributed by atoms with Gasteiger partial charge in [0.1, 0.15) is 5.82 Å². The lowest BCUT2D eigenvalue weighted by Crippen LogP contribution is -2.21. The summed E-state index contributed by atoms with van der Waals surface area (Å²) in [6.07, 6.45) is 4.35. The summed E-state index contributed by atoms with van der Waals surface area (Å²) in [4.78, 5) is 18.9. The number of aryl methyl sites for hydroxylation is 1. The molecule has 0 unspecified atom stereocenters. The third-order valence-corrected chi connectivity index (χ3v) is 3.10. The zero-order chi connectivity index (χ0) is 13.2. The molecule has 2 rings (SSSR count). The number of aromatic amines is 1. The van der Waals surface area contributed by atoms with E-state index >= 15 is 0 Å². The van der Waals surface area contributed by atoms with Gasteiger partial charge in [0.15, 0.2) is 0 Å². The molecule has 18 heavy (non-hydrogen) atoms. The van der Waals surface area contributed by atoms with E-state index in [2.05, 4.69) is 36.1 Å². The van der Waals surface area contributed by atoms with E-state index < -0.39 is 0 Å². The molecular formula is C14H23N3O. The first-order valence-electron chi connectivity index (χ1n) is 6.75. The lowest BCUT2D eigenvalue weighted by molar-refractivity contribution is 0.374. The smallest absolute Gasteiger partial charge is 0.251 e. The molecule has 0 bridgehead atoms. The zero-order valence-electron chi connectivity index (χ0n) is 11.5. The summed E-state index contributed by atoms with van der Waals surface area (Å²) in [5.41, 5.74) is 1.08. The van der Waals surface area contributed by atoms with Crippen LogP contribution in [0.15, 0.2) is 10.9 Å². The average Bonchev–Trinajstić information content (AvgIpc) is 3.06. The van der Waals surface area contributed by atoms with Gasteiger partial charge in [0, 0.05) is 25.1 Å². The molecule has 0 aromatic carbocycles. The molecule has 0 spiro atoms. The summed E-state index contributed by atoms with van der Waals surface area (Å²) in [6, 6.07) is 2.24. The predicted molar refractivity (Wildman–Crippen MR) is 72.5 cm³/mol. The Morgan fingerprint density at radius 3 is 2.78 bits per heavy atom. The van der Waals surface area contributed by atoms with Crippen molar-refractivity contribution in [2.75, 3.05) is 0 Å². The molecule has 2 N–H and O–H groups in total. The predicted octanol–water partition coefficient (Wildman–Crippen LogP) is 2.00. The van der Waals surface area contributed by atoms with E-state index in [9.17, 15) is 4.79 Å². The highest BCUT2D eigenvalue weighted by atomic mass is 16.1. The quantitative estimate of drug-likeness (QED) is 0.839. The number of rotatable bonds is 5. The number of H-pyrrole nitrogens is 1. The molecule has 100 valence electrons. The number of nitrogens with zero attached hydrogens (tertiary/aromatic N) is 1. The van der Waals surface area contributed by atoms with Crippen molar-refractivity contribution in [1.82, 2.24) is 15.3 Å². The second-order valence-electron chi connectivity index (χ2n) is 6.40. The molecule has 0 aliphatic heterocycles. The second kappa shape index (κ2) is 5.22. The highest BCUT2D eigenvalue weighted by Gasteiger charge is 2.20. The first-order valence-corrected chi connectivity index (χ1v) is 6.75. The summed E-state index contributed by atoms with van der Waals surface area (Å²) in [6.45, 7) is 7.30. The molecule has 1 aliphatic carbocycles. The molecule has 1 fully saturated rings. The van der Waals surface area contributed by atoms with Crippen LogP contribution in [0.1, 0.15) is 51.6 Å². The fourth-order valence-electron chi connectivity index (χ4n) is 1.80. The van der Waals surface area contributed by atoms with Gasteiger partial charge in [0.25, 0.3) is 5.56 Å². The van der Waals surface area contributed by atoms with Crippen molar-refractivity contribution >= 4 is 0 Å². The molecule has 0 atom stereocenters. The van der Waals surface area contributed by atoms with Gasteiger partial charge in [-0.3, -0.25) is 4.79 Å². The Labute approximate surface area is 108 Å². The first kappa shape index (κ1) is 13.3. The van der Waals surface area contributed by atoms with Crippen molar-refractivity contribution < 1.29 is 0 Å². The third kappa shape index (κ3) is 4.61. The Morgan fingerprint density at radius 2 is 2.17 bits per heavy atom. The van der Waals surface area contributed by atoms with Crippen LogP contribution >= 0.6 is 0 Å². The normalized spacial score (nSPS) is 15.9. The van der Waals surface area contributed by atoms with E-state index in [0.717, 1.165) is 24.4 Å². The standard InChI is InChI=1S/C14H23N3O/c1-14(2,3)7-6-12-16-11(8-13(18)17-12)9-15-10-4-5-10/h8,10,15H,4-7,9H2,1-3H3,(H,16,17,18). The molecule has 0 radical (unpaired) electrons. The van der Waals surface area contributed by atoms with Crippen LogP contribution in [0.3, 0.4) is 0 Å². The fraction of sp³-hybridized carbons (Fsp3) is 0.714. The van der Waals surface area contributed by atoms with E-state index in [1.165, 1.54) is 12.8 Å². The van der Waals surface area contributed by atoms with Crippen molar-refractivity contribution in [2.24, 2.45) is 5.41 Å². The van der Waals surface area contributed by atoms with E-state index in [1.54, 1.807) is 6.07 Å². The number of nitrogens with one attached hydrogen (secondary N) is 2. The minimum atomic E-state index is -0.0403. The molecule has 1 aromatic heterocycles. The largest absolute Gasteiger partial charge is 0.311 e. The Hall–Kier alpha value is -1.16. The van der Waals surface area contributed by atoms with Gasteiger partial charge in [0.05, 0.1) is 5.69 Å². The van der Waals surface area contributed by atoms with E-state index in [1.807, 2.05) is 0 Å². The van der Waals surface area contributed by atoms with Gasteiger partial charge in [-0.05, 0) is 24.7 Å². The summed E-state index contributed by atoms with van der Waals surface area (Å²) in [7, 11) is 0. The molecule has 0 amide bonds. The molecule has 1 aliphatic rings. The Balaban J connectivity index is 1.98. The number of aromatic nitrogens is 2. The molecule has 4 heteroatoms. The Kier molecular flexibility index (Phi) is 3.85. The van der Waals surface area contributed by atoms with E-state index in [-0.39, 0.29) is 11.0 Å².